The summed E-state index contributed by atoms with van der Waals surface area (Å²) in [6, 6.07) is 11.6. The van der Waals surface area contributed by atoms with Crippen LogP contribution in [0.5, 0.6) is 0 Å². The van der Waals surface area contributed by atoms with Crippen LogP contribution < -0.4 is 10.2 Å². The van der Waals surface area contributed by atoms with Gasteiger partial charge >= 0.3 is 6.09 Å². The molecule has 1 aliphatic heterocycles. The molecule has 1 amide bonds. The maximum absolute atomic E-state index is 11.5. The Morgan fingerprint density at radius 1 is 1.30 bits per heavy atom. The highest BCUT2D eigenvalue weighted by atomic mass is 127. The molecule has 20 heavy (non-hydrogen) atoms. The lowest BCUT2D eigenvalue weighted by atomic mass is 10.2. The Morgan fingerprint density at radius 2 is 2.20 bits per heavy atom. The Kier molecular flexibility index (Phi) is 3.81. The SMILES string of the molecule is O=C1OCCN1c1cccc(NCc2ccc(I)o2)c1. The predicted molar refractivity (Wildman–Crippen MR) is 83.9 cm³/mol. The Morgan fingerprint density at radius 3 is 2.90 bits per heavy atom. The van der Waals surface area contributed by atoms with Gasteiger partial charge in [0.25, 0.3) is 0 Å². The van der Waals surface area contributed by atoms with E-state index in [4.69, 9.17) is 9.15 Å². The standard InChI is InChI=1S/C14H13IN2O3/c15-13-5-4-12(20-13)9-16-10-2-1-3-11(8-10)17-6-7-19-14(17)18/h1-5,8,16H,6-7,9H2. The molecule has 104 valence electrons. The Bertz CT molecular complexity index is 626. The molecule has 0 saturated carbocycles. The van der Waals surface area contributed by atoms with Gasteiger partial charge in [-0.2, -0.15) is 0 Å². The summed E-state index contributed by atoms with van der Waals surface area (Å²) in [6.07, 6.45) is -0.289. The summed E-state index contributed by atoms with van der Waals surface area (Å²) in [5.74, 6) is 0.875. The average molecular weight is 384 g/mol. The molecule has 3 rings (SSSR count). The number of rotatable bonds is 4. The molecule has 2 heterocycles. The first-order valence-electron chi connectivity index (χ1n) is 6.25. The fraction of sp³-hybridized carbons (Fsp3) is 0.214. The van der Waals surface area contributed by atoms with Gasteiger partial charge in [0.05, 0.1) is 13.1 Å². The molecule has 5 nitrogen and oxygen atoms in total. The maximum atomic E-state index is 11.5. The van der Waals surface area contributed by atoms with Gasteiger partial charge in [-0.15, -0.1) is 0 Å². The second kappa shape index (κ2) is 5.74. The molecule has 1 N–H and O–H groups in total. The van der Waals surface area contributed by atoms with Crippen LogP contribution in [0.3, 0.4) is 0 Å². The van der Waals surface area contributed by atoms with Gasteiger partial charge in [-0.1, -0.05) is 6.07 Å². The zero-order chi connectivity index (χ0) is 13.9. The third kappa shape index (κ3) is 2.90. The number of furan rings is 1. The van der Waals surface area contributed by atoms with E-state index in [0.29, 0.717) is 19.7 Å². The molecule has 0 spiro atoms. The lowest BCUT2D eigenvalue weighted by molar-refractivity contribution is 0.181. The number of ether oxygens (including phenoxy) is 1. The Labute approximate surface area is 130 Å². The summed E-state index contributed by atoms with van der Waals surface area (Å²) < 4.78 is 11.3. The van der Waals surface area contributed by atoms with Crippen LogP contribution in [0.4, 0.5) is 16.2 Å². The van der Waals surface area contributed by atoms with E-state index in [9.17, 15) is 4.79 Å². The summed E-state index contributed by atoms with van der Waals surface area (Å²) in [4.78, 5) is 13.2. The predicted octanol–water partition coefficient (Wildman–Crippen LogP) is 3.45. The number of hydrogen-bond donors (Lipinski definition) is 1. The quantitative estimate of drug-likeness (QED) is 0.821. The molecule has 1 aliphatic rings. The fourth-order valence-corrected chi connectivity index (χ4v) is 2.51. The van der Waals surface area contributed by atoms with E-state index >= 15 is 0 Å². The number of cyclic esters (lactones) is 1. The Balaban J connectivity index is 1.69. The van der Waals surface area contributed by atoms with Crippen molar-refractivity contribution >= 4 is 40.1 Å². The number of carbonyl (C=O) groups excluding carboxylic acids is 1. The molecule has 0 aliphatic carbocycles. The van der Waals surface area contributed by atoms with Crippen molar-refractivity contribution < 1.29 is 13.9 Å². The van der Waals surface area contributed by atoms with Gasteiger partial charge in [0, 0.05) is 11.4 Å². The second-order valence-corrected chi connectivity index (χ2v) is 5.44. The van der Waals surface area contributed by atoms with Gasteiger partial charge in [0.1, 0.15) is 12.4 Å². The van der Waals surface area contributed by atoms with Crippen molar-refractivity contribution in [1.29, 1.82) is 0 Å². The summed E-state index contributed by atoms with van der Waals surface area (Å²) in [6.45, 7) is 1.65. The van der Waals surface area contributed by atoms with Crippen molar-refractivity contribution in [3.63, 3.8) is 0 Å². The van der Waals surface area contributed by atoms with Crippen LogP contribution >= 0.6 is 22.6 Å². The van der Waals surface area contributed by atoms with Crippen LogP contribution in [-0.4, -0.2) is 19.2 Å². The Hall–Kier alpha value is -1.70. The number of anilines is 2. The summed E-state index contributed by atoms with van der Waals surface area (Å²) in [5, 5.41) is 3.28. The minimum Gasteiger partial charge on any atom is -0.454 e. The van der Waals surface area contributed by atoms with E-state index in [1.54, 1.807) is 4.90 Å². The first-order chi connectivity index (χ1) is 9.72. The van der Waals surface area contributed by atoms with E-state index in [2.05, 4.69) is 27.9 Å². The summed E-state index contributed by atoms with van der Waals surface area (Å²) in [5.41, 5.74) is 1.78. The van der Waals surface area contributed by atoms with Crippen LogP contribution in [0, 0.1) is 3.77 Å². The third-order valence-corrected chi connectivity index (χ3v) is 3.59. The second-order valence-electron chi connectivity index (χ2n) is 4.38. The van der Waals surface area contributed by atoms with Gasteiger partial charge in [-0.3, -0.25) is 4.90 Å². The van der Waals surface area contributed by atoms with E-state index in [0.717, 1.165) is 20.9 Å². The van der Waals surface area contributed by atoms with Crippen LogP contribution in [0.25, 0.3) is 0 Å². The van der Waals surface area contributed by atoms with Gasteiger partial charge < -0.3 is 14.5 Å². The lowest BCUT2D eigenvalue weighted by Gasteiger charge is -2.14. The molecule has 1 fully saturated rings. The molecule has 0 atom stereocenters. The number of hydrogen-bond acceptors (Lipinski definition) is 4. The van der Waals surface area contributed by atoms with Crippen molar-refractivity contribution in [2.45, 2.75) is 6.54 Å². The van der Waals surface area contributed by atoms with Crippen LogP contribution in [0.1, 0.15) is 5.76 Å². The number of benzene rings is 1. The number of nitrogens with one attached hydrogen (secondary N) is 1. The zero-order valence-corrected chi connectivity index (χ0v) is 12.8. The molecular formula is C14H13IN2O3. The highest BCUT2D eigenvalue weighted by molar-refractivity contribution is 14.1. The largest absolute Gasteiger partial charge is 0.454 e. The molecular weight excluding hydrogens is 371 g/mol. The molecule has 0 unspecified atom stereocenters. The minimum absolute atomic E-state index is 0.289. The summed E-state index contributed by atoms with van der Waals surface area (Å²) >= 11 is 2.14. The van der Waals surface area contributed by atoms with Crippen molar-refractivity contribution in [3.8, 4) is 0 Å². The molecule has 1 aromatic carbocycles. The zero-order valence-electron chi connectivity index (χ0n) is 10.6. The number of amides is 1. The average Bonchev–Trinajstić information content (AvgIpc) is 3.05. The molecule has 2 aromatic rings. The number of halogens is 1. The lowest BCUT2D eigenvalue weighted by Crippen LogP contribution is -2.23. The minimum atomic E-state index is -0.289. The molecule has 0 radical (unpaired) electrons. The van der Waals surface area contributed by atoms with Crippen molar-refractivity contribution in [2.75, 3.05) is 23.4 Å². The first kappa shape index (κ1) is 13.3. The number of carbonyl (C=O) groups is 1. The van der Waals surface area contributed by atoms with Crippen molar-refractivity contribution in [2.24, 2.45) is 0 Å². The van der Waals surface area contributed by atoms with E-state index in [1.165, 1.54) is 0 Å². The smallest absolute Gasteiger partial charge is 0.414 e. The van der Waals surface area contributed by atoms with E-state index < -0.39 is 0 Å². The normalized spacial score (nSPS) is 14.4. The molecule has 1 saturated heterocycles. The highest BCUT2D eigenvalue weighted by Gasteiger charge is 2.23. The highest BCUT2D eigenvalue weighted by Crippen LogP contribution is 2.23. The van der Waals surface area contributed by atoms with E-state index in [-0.39, 0.29) is 6.09 Å². The summed E-state index contributed by atoms with van der Waals surface area (Å²) in [7, 11) is 0. The fourth-order valence-electron chi connectivity index (χ4n) is 2.05. The molecule has 6 heteroatoms. The van der Waals surface area contributed by atoms with Gasteiger partial charge in [-0.05, 0) is 52.9 Å². The third-order valence-electron chi connectivity index (χ3n) is 3.01. The van der Waals surface area contributed by atoms with Gasteiger partial charge in [-0.25, -0.2) is 4.79 Å². The molecule has 0 bridgehead atoms. The first-order valence-corrected chi connectivity index (χ1v) is 7.33. The van der Waals surface area contributed by atoms with Crippen LogP contribution in [0.15, 0.2) is 40.8 Å². The topological polar surface area (TPSA) is 54.7 Å². The van der Waals surface area contributed by atoms with Crippen LogP contribution in [0.2, 0.25) is 0 Å². The van der Waals surface area contributed by atoms with E-state index in [1.807, 2.05) is 36.4 Å². The van der Waals surface area contributed by atoms with Crippen molar-refractivity contribution in [3.05, 3.63) is 45.9 Å². The monoisotopic (exact) mass is 384 g/mol. The van der Waals surface area contributed by atoms with Crippen molar-refractivity contribution in [1.82, 2.24) is 0 Å². The van der Waals surface area contributed by atoms with Crippen LogP contribution in [-0.2, 0) is 11.3 Å². The molecule has 1 aromatic heterocycles. The van der Waals surface area contributed by atoms with Gasteiger partial charge in [0.15, 0.2) is 3.77 Å². The van der Waals surface area contributed by atoms with Gasteiger partial charge in [0.2, 0.25) is 0 Å². The maximum Gasteiger partial charge on any atom is 0.414 e. The number of nitrogens with zero attached hydrogens (tertiary/aromatic N) is 1.